The van der Waals surface area contributed by atoms with Gasteiger partial charge in [-0.1, -0.05) is 33.1 Å². The first-order valence-corrected chi connectivity index (χ1v) is 11.6. The number of aryl methyl sites for hydroxylation is 1. The molecule has 1 fully saturated rings. The van der Waals surface area contributed by atoms with Crippen LogP contribution in [0.5, 0.6) is 0 Å². The molecule has 1 saturated carbocycles. The summed E-state index contributed by atoms with van der Waals surface area (Å²) >= 11 is 0. The van der Waals surface area contributed by atoms with Crippen molar-refractivity contribution >= 4 is 17.3 Å². The highest BCUT2D eigenvalue weighted by Crippen LogP contribution is 2.43. The smallest absolute Gasteiger partial charge is 0.174 e. The molecule has 168 valence electrons. The number of hydrogen-bond acceptors (Lipinski definition) is 4. The molecule has 2 heterocycles. The zero-order valence-electron chi connectivity index (χ0n) is 19.3. The molecular weight excluding hydrogens is 389 g/mol. The van der Waals surface area contributed by atoms with Crippen molar-refractivity contribution in [1.82, 2.24) is 9.55 Å². The van der Waals surface area contributed by atoms with Crippen LogP contribution in [0.2, 0.25) is 0 Å². The standard InChI is InChI=1S/C25H36FN5/c1-5-7-10-19-13-22(25(6-2)11-8-9-12-25)30-24(14-19)29-21-15-23(28)31(18(4)26)16-20(21)17(3)27/h13-16,18,27H,5-12,28H2,1-4H3. The van der Waals surface area contributed by atoms with Gasteiger partial charge in [0, 0.05) is 34.6 Å². The first kappa shape index (κ1) is 23.2. The summed E-state index contributed by atoms with van der Waals surface area (Å²) in [5.74, 6) is 0.929. The van der Waals surface area contributed by atoms with Crippen molar-refractivity contribution in [2.45, 2.75) is 90.8 Å². The number of anilines is 1. The average Bonchev–Trinajstić information content (AvgIpc) is 3.22. The number of nitrogens with one attached hydrogen (secondary N) is 1. The van der Waals surface area contributed by atoms with Gasteiger partial charge >= 0.3 is 0 Å². The monoisotopic (exact) mass is 425 g/mol. The van der Waals surface area contributed by atoms with E-state index in [1.54, 1.807) is 19.2 Å². The molecule has 1 atom stereocenters. The van der Waals surface area contributed by atoms with Crippen molar-refractivity contribution in [1.29, 1.82) is 5.41 Å². The van der Waals surface area contributed by atoms with Crippen molar-refractivity contribution in [3.8, 4) is 0 Å². The summed E-state index contributed by atoms with van der Waals surface area (Å²) < 4.78 is 15.3. The maximum atomic E-state index is 13.9. The molecule has 31 heavy (non-hydrogen) atoms. The Hall–Kier alpha value is -2.50. The number of nitrogen functional groups attached to an aromatic ring is 1. The number of rotatable bonds is 8. The largest absolute Gasteiger partial charge is 0.385 e. The molecule has 3 rings (SSSR count). The lowest BCUT2D eigenvalue weighted by Gasteiger charge is -2.27. The summed E-state index contributed by atoms with van der Waals surface area (Å²) in [5.41, 5.74) is 9.50. The summed E-state index contributed by atoms with van der Waals surface area (Å²) in [4.78, 5) is 9.81. The van der Waals surface area contributed by atoms with E-state index >= 15 is 0 Å². The molecule has 2 aromatic heterocycles. The predicted molar refractivity (Wildman–Crippen MR) is 126 cm³/mol. The van der Waals surface area contributed by atoms with Crippen molar-refractivity contribution < 1.29 is 4.39 Å². The molecule has 6 heteroatoms. The predicted octanol–water partition coefficient (Wildman–Crippen LogP) is 6.14. The molecule has 2 aromatic rings. The lowest BCUT2D eigenvalue weighted by atomic mass is 9.79. The van der Waals surface area contributed by atoms with Gasteiger partial charge in [0.2, 0.25) is 0 Å². The van der Waals surface area contributed by atoms with Crippen LogP contribution in [0.1, 0.15) is 95.8 Å². The summed E-state index contributed by atoms with van der Waals surface area (Å²) in [7, 11) is 0. The van der Waals surface area contributed by atoms with Crippen LogP contribution in [0.4, 0.5) is 16.0 Å². The first-order chi connectivity index (χ1) is 14.8. The van der Waals surface area contributed by atoms with Crippen LogP contribution in [0.15, 0.2) is 29.4 Å². The molecule has 0 bridgehead atoms. The van der Waals surface area contributed by atoms with Gasteiger partial charge in [0.05, 0.1) is 5.36 Å². The number of pyridine rings is 2. The quantitative estimate of drug-likeness (QED) is 0.498. The number of hydrogen-bond donors (Lipinski definition) is 2. The Labute approximate surface area is 185 Å². The highest BCUT2D eigenvalue weighted by atomic mass is 19.1. The fraction of sp³-hybridized carbons (Fsp3) is 0.560. The van der Waals surface area contributed by atoms with E-state index in [9.17, 15) is 4.39 Å². The van der Waals surface area contributed by atoms with E-state index in [0.29, 0.717) is 22.5 Å². The van der Waals surface area contributed by atoms with E-state index in [4.69, 9.17) is 21.1 Å². The fourth-order valence-electron chi connectivity index (χ4n) is 4.65. The molecule has 0 amide bonds. The number of nitrogens with two attached hydrogens (primary N) is 1. The molecule has 1 aliphatic carbocycles. The Bertz CT molecular complexity index is 999. The van der Waals surface area contributed by atoms with E-state index in [1.807, 2.05) is 0 Å². The van der Waals surface area contributed by atoms with Gasteiger partial charge in [-0.25, -0.2) is 14.4 Å². The van der Waals surface area contributed by atoms with Crippen molar-refractivity contribution in [2.75, 3.05) is 5.73 Å². The second-order valence-electron chi connectivity index (χ2n) is 8.88. The first-order valence-electron chi connectivity index (χ1n) is 11.6. The third-order valence-electron chi connectivity index (χ3n) is 6.62. The van der Waals surface area contributed by atoms with E-state index in [2.05, 4.69) is 26.0 Å². The van der Waals surface area contributed by atoms with E-state index in [-0.39, 0.29) is 11.2 Å². The zero-order valence-corrected chi connectivity index (χ0v) is 19.3. The number of nitrogens with zero attached hydrogens (tertiary/aromatic N) is 3. The van der Waals surface area contributed by atoms with Crippen LogP contribution in [-0.2, 0) is 11.8 Å². The van der Waals surface area contributed by atoms with Crippen molar-refractivity contribution in [2.24, 2.45) is 4.99 Å². The van der Waals surface area contributed by atoms with Gasteiger partial charge in [0.25, 0.3) is 0 Å². The maximum absolute atomic E-state index is 13.9. The Balaban J connectivity index is 2.18. The van der Waals surface area contributed by atoms with Gasteiger partial charge in [-0.05, 0) is 63.6 Å². The van der Waals surface area contributed by atoms with E-state index in [0.717, 1.165) is 31.4 Å². The minimum Gasteiger partial charge on any atom is -0.385 e. The summed E-state index contributed by atoms with van der Waals surface area (Å²) in [6.45, 7) is 7.56. The van der Waals surface area contributed by atoms with Gasteiger partial charge in [-0.2, -0.15) is 0 Å². The molecule has 0 saturated heterocycles. The van der Waals surface area contributed by atoms with E-state index < -0.39 is 6.30 Å². The zero-order chi connectivity index (χ0) is 22.6. The van der Waals surface area contributed by atoms with Gasteiger partial charge in [-0.15, -0.1) is 0 Å². The topological polar surface area (TPSA) is 80.0 Å². The highest BCUT2D eigenvalue weighted by Gasteiger charge is 2.35. The Morgan fingerprint density at radius 2 is 2.00 bits per heavy atom. The van der Waals surface area contributed by atoms with Gasteiger partial charge in [0.15, 0.2) is 12.1 Å². The van der Waals surface area contributed by atoms with Crippen LogP contribution in [0, 0.1) is 5.41 Å². The lowest BCUT2D eigenvalue weighted by molar-refractivity contribution is 0.270. The third kappa shape index (κ3) is 5.05. The number of halogens is 1. The third-order valence-corrected chi connectivity index (χ3v) is 6.62. The summed E-state index contributed by atoms with van der Waals surface area (Å²) in [6.07, 6.45) is 9.47. The molecule has 0 aliphatic heterocycles. The van der Waals surface area contributed by atoms with Crippen LogP contribution >= 0.6 is 0 Å². The normalized spacial score (nSPS) is 17.1. The number of alkyl halides is 1. The van der Waals surface area contributed by atoms with Crippen LogP contribution in [0.3, 0.4) is 0 Å². The minimum atomic E-state index is -1.28. The SMILES string of the molecule is CCCCc1cc(N=c2cc(N)n(C(C)F)cc2C(C)=N)nc(C2(CC)CCCC2)c1. The molecule has 1 aliphatic rings. The fourth-order valence-corrected chi connectivity index (χ4v) is 4.65. The summed E-state index contributed by atoms with van der Waals surface area (Å²) in [6, 6.07) is 5.98. The molecule has 0 aromatic carbocycles. The Morgan fingerprint density at radius 1 is 1.29 bits per heavy atom. The van der Waals surface area contributed by atoms with Crippen LogP contribution in [0.25, 0.3) is 0 Å². The average molecular weight is 426 g/mol. The molecule has 5 nitrogen and oxygen atoms in total. The number of unbranched alkanes of at least 4 members (excludes halogenated alkanes) is 1. The minimum absolute atomic E-state index is 0.134. The lowest BCUT2D eigenvalue weighted by Crippen LogP contribution is -2.23. The van der Waals surface area contributed by atoms with E-state index in [1.165, 1.54) is 42.7 Å². The maximum Gasteiger partial charge on any atom is 0.174 e. The molecule has 0 spiro atoms. The molecule has 3 N–H and O–H groups in total. The second kappa shape index (κ2) is 9.75. The van der Waals surface area contributed by atoms with Gasteiger partial charge in [0.1, 0.15) is 5.82 Å². The molecule has 0 radical (unpaired) electrons. The number of aromatic nitrogens is 2. The Morgan fingerprint density at radius 3 is 2.58 bits per heavy atom. The van der Waals surface area contributed by atoms with Crippen LogP contribution in [-0.4, -0.2) is 15.3 Å². The van der Waals surface area contributed by atoms with Gasteiger partial charge < -0.3 is 15.7 Å². The highest BCUT2D eigenvalue weighted by molar-refractivity contribution is 5.96. The molecule has 1 unspecified atom stereocenters. The van der Waals surface area contributed by atoms with Crippen molar-refractivity contribution in [3.05, 3.63) is 46.6 Å². The molecular formula is C25H36FN5. The van der Waals surface area contributed by atoms with Crippen LogP contribution < -0.4 is 11.1 Å². The van der Waals surface area contributed by atoms with Crippen molar-refractivity contribution in [3.63, 3.8) is 0 Å². The Kier molecular flexibility index (Phi) is 7.29. The second-order valence-corrected chi connectivity index (χ2v) is 8.88. The summed E-state index contributed by atoms with van der Waals surface area (Å²) in [5, 5.41) is 8.73. The van der Waals surface area contributed by atoms with Gasteiger partial charge in [-0.3, -0.25) is 0 Å².